The van der Waals surface area contributed by atoms with Gasteiger partial charge in [-0.2, -0.15) is 0 Å². The quantitative estimate of drug-likeness (QED) is 0.279. The van der Waals surface area contributed by atoms with Crippen molar-refractivity contribution in [2.45, 2.75) is 6.54 Å². The molecule has 3 aromatic carbocycles. The van der Waals surface area contributed by atoms with Gasteiger partial charge in [-0.3, -0.25) is 4.98 Å². The molecule has 7 heteroatoms. The second-order valence-corrected chi connectivity index (χ2v) is 7.49. The third-order valence-corrected chi connectivity index (χ3v) is 5.17. The zero-order chi connectivity index (χ0) is 22.5. The minimum atomic E-state index is -0.280. The highest BCUT2D eigenvalue weighted by Crippen LogP contribution is 2.26. The van der Waals surface area contributed by atoms with Gasteiger partial charge in [-0.1, -0.05) is 12.1 Å². The number of hydrogen-bond donors (Lipinski definition) is 3. The first-order valence-corrected chi connectivity index (χ1v) is 10.5. The van der Waals surface area contributed by atoms with E-state index in [1.54, 1.807) is 18.5 Å². The number of nitrogens with one attached hydrogen (secondary N) is 3. The fraction of sp³-hybridized carbons (Fsp3) is 0.0385. The molecule has 5 rings (SSSR count). The van der Waals surface area contributed by atoms with Crippen LogP contribution in [0.15, 0.2) is 97.6 Å². The van der Waals surface area contributed by atoms with Crippen LogP contribution in [0.3, 0.4) is 0 Å². The Bertz CT molecular complexity index is 1360. The molecule has 3 N–H and O–H groups in total. The molecule has 0 radical (unpaired) electrons. The highest BCUT2D eigenvalue weighted by Gasteiger charge is 2.04. The van der Waals surface area contributed by atoms with Crippen LogP contribution < -0.4 is 16.0 Å². The molecule has 2 heterocycles. The minimum absolute atomic E-state index is 0.280. The molecular weight excluding hydrogens is 415 g/mol. The summed E-state index contributed by atoms with van der Waals surface area (Å²) in [6.45, 7) is 0.697. The topological polar surface area (TPSA) is 74.8 Å². The number of fused-ring (bicyclic) bond motifs is 1. The zero-order valence-corrected chi connectivity index (χ0v) is 17.7. The lowest BCUT2D eigenvalue weighted by Gasteiger charge is -2.11. The molecule has 2 aromatic heterocycles. The molecule has 33 heavy (non-hydrogen) atoms. The summed E-state index contributed by atoms with van der Waals surface area (Å²) in [5, 5.41) is 10.8. The molecule has 0 aliphatic heterocycles. The summed E-state index contributed by atoms with van der Waals surface area (Å²) < 4.78 is 13.7. The fourth-order valence-electron chi connectivity index (χ4n) is 3.48. The molecule has 0 aliphatic rings. The van der Waals surface area contributed by atoms with Crippen LogP contribution in [0.25, 0.3) is 10.9 Å². The van der Waals surface area contributed by atoms with Crippen molar-refractivity contribution < 1.29 is 4.39 Å². The third-order valence-electron chi connectivity index (χ3n) is 5.17. The lowest BCUT2D eigenvalue weighted by molar-refractivity contribution is 0.629. The van der Waals surface area contributed by atoms with Crippen molar-refractivity contribution in [3.63, 3.8) is 0 Å². The average molecular weight is 436 g/mol. The van der Waals surface area contributed by atoms with Crippen LogP contribution in [0.5, 0.6) is 0 Å². The SMILES string of the molecule is Fc1ccc2nccc(Nc3ccc(CNc4ccc(Nc5ccncn5)cc4)cc3)c2c1. The fourth-order valence-corrected chi connectivity index (χ4v) is 3.48. The number of aromatic nitrogens is 3. The van der Waals surface area contributed by atoms with Gasteiger partial charge in [-0.05, 0) is 72.3 Å². The largest absolute Gasteiger partial charge is 0.381 e. The van der Waals surface area contributed by atoms with Gasteiger partial charge in [0.15, 0.2) is 0 Å². The van der Waals surface area contributed by atoms with E-state index in [4.69, 9.17) is 0 Å². The highest BCUT2D eigenvalue weighted by atomic mass is 19.1. The van der Waals surface area contributed by atoms with Gasteiger partial charge >= 0.3 is 0 Å². The zero-order valence-electron chi connectivity index (χ0n) is 17.7. The first-order valence-electron chi connectivity index (χ1n) is 10.5. The van der Waals surface area contributed by atoms with E-state index in [-0.39, 0.29) is 5.82 Å². The number of benzene rings is 3. The minimum Gasteiger partial charge on any atom is -0.381 e. The summed E-state index contributed by atoms with van der Waals surface area (Å²) in [5.41, 5.74) is 5.63. The molecule has 0 saturated carbocycles. The van der Waals surface area contributed by atoms with Crippen LogP contribution in [0, 0.1) is 5.82 Å². The Morgan fingerprint density at radius 3 is 2.24 bits per heavy atom. The molecule has 0 unspecified atom stereocenters. The van der Waals surface area contributed by atoms with E-state index >= 15 is 0 Å². The first-order chi connectivity index (χ1) is 16.2. The maximum atomic E-state index is 13.7. The monoisotopic (exact) mass is 436 g/mol. The van der Waals surface area contributed by atoms with Gasteiger partial charge < -0.3 is 16.0 Å². The predicted octanol–water partition coefficient (Wildman–Crippen LogP) is 6.26. The predicted molar refractivity (Wildman–Crippen MR) is 131 cm³/mol. The molecule has 162 valence electrons. The number of hydrogen-bond acceptors (Lipinski definition) is 6. The molecule has 0 amide bonds. The molecule has 0 atom stereocenters. The van der Waals surface area contributed by atoms with E-state index in [0.29, 0.717) is 6.54 Å². The Morgan fingerprint density at radius 1 is 0.697 bits per heavy atom. The first kappa shape index (κ1) is 20.4. The standard InChI is InChI=1S/C26H21FN6/c27-19-3-10-24-23(15-19)25(11-14-29-24)32-21-4-1-18(2-5-21)16-30-20-6-8-22(9-7-20)33-26-12-13-28-17-31-26/h1-15,17,30H,16H2,(H,29,32)(H,28,31,33). The summed E-state index contributed by atoms with van der Waals surface area (Å²) in [7, 11) is 0. The van der Waals surface area contributed by atoms with Gasteiger partial charge in [-0.15, -0.1) is 0 Å². The van der Waals surface area contributed by atoms with E-state index in [1.165, 1.54) is 18.5 Å². The van der Waals surface area contributed by atoms with Crippen molar-refractivity contribution in [2.75, 3.05) is 16.0 Å². The Labute approximate surface area is 190 Å². The molecule has 0 fully saturated rings. The van der Waals surface area contributed by atoms with E-state index in [0.717, 1.165) is 45.0 Å². The van der Waals surface area contributed by atoms with E-state index in [9.17, 15) is 4.39 Å². The number of halogens is 1. The third kappa shape index (κ3) is 5.04. The maximum absolute atomic E-state index is 13.7. The second kappa shape index (κ2) is 9.32. The van der Waals surface area contributed by atoms with Crippen LogP contribution >= 0.6 is 0 Å². The molecule has 6 nitrogen and oxygen atoms in total. The van der Waals surface area contributed by atoms with E-state index in [1.807, 2.05) is 48.5 Å². The number of rotatable bonds is 7. The van der Waals surface area contributed by atoms with Crippen LogP contribution in [0.4, 0.5) is 33.0 Å². The smallest absolute Gasteiger partial charge is 0.133 e. The van der Waals surface area contributed by atoms with E-state index < -0.39 is 0 Å². The van der Waals surface area contributed by atoms with Crippen molar-refractivity contribution in [1.82, 2.24) is 15.0 Å². The maximum Gasteiger partial charge on any atom is 0.133 e. The van der Waals surface area contributed by atoms with Crippen molar-refractivity contribution >= 4 is 39.5 Å². The molecule has 0 bridgehead atoms. The number of anilines is 5. The van der Waals surface area contributed by atoms with Crippen molar-refractivity contribution in [1.29, 1.82) is 0 Å². The summed E-state index contributed by atoms with van der Waals surface area (Å²) in [4.78, 5) is 12.4. The second-order valence-electron chi connectivity index (χ2n) is 7.49. The number of pyridine rings is 1. The van der Waals surface area contributed by atoms with Crippen LogP contribution in [0.2, 0.25) is 0 Å². The normalized spacial score (nSPS) is 10.7. The van der Waals surface area contributed by atoms with E-state index in [2.05, 4.69) is 43.0 Å². The van der Waals surface area contributed by atoms with Gasteiger partial charge in [-0.25, -0.2) is 14.4 Å². The molecule has 0 spiro atoms. The average Bonchev–Trinajstić information content (AvgIpc) is 2.85. The molecule has 0 aliphatic carbocycles. The molecular formula is C26H21FN6. The number of nitrogens with zero attached hydrogens (tertiary/aromatic N) is 3. The molecule has 0 saturated heterocycles. The van der Waals surface area contributed by atoms with Crippen molar-refractivity contribution in [3.8, 4) is 0 Å². The van der Waals surface area contributed by atoms with Crippen LogP contribution in [-0.2, 0) is 6.54 Å². The highest BCUT2D eigenvalue weighted by molar-refractivity contribution is 5.92. The lowest BCUT2D eigenvalue weighted by Crippen LogP contribution is -2.00. The Hall–Kier alpha value is -4.52. The molecule has 5 aromatic rings. The van der Waals surface area contributed by atoms with Gasteiger partial charge in [0.25, 0.3) is 0 Å². The van der Waals surface area contributed by atoms with Crippen molar-refractivity contribution in [2.24, 2.45) is 0 Å². The summed E-state index contributed by atoms with van der Waals surface area (Å²) >= 11 is 0. The summed E-state index contributed by atoms with van der Waals surface area (Å²) in [6.07, 6.45) is 4.93. The van der Waals surface area contributed by atoms with Gasteiger partial charge in [0, 0.05) is 47.1 Å². The summed E-state index contributed by atoms with van der Waals surface area (Å²) in [6, 6.07) is 24.5. The van der Waals surface area contributed by atoms with Gasteiger partial charge in [0.2, 0.25) is 0 Å². The summed E-state index contributed by atoms with van der Waals surface area (Å²) in [5.74, 6) is 0.474. The van der Waals surface area contributed by atoms with Crippen molar-refractivity contribution in [3.05, 3.63) is 109 Å². The van der Waals surface area contributed by atoms with Gasteiger partial charge in [0.1, 0.15) is 18.0 Å². The van der Waals surface area contributed by atoms with Crippen LogP contribution in [-0.4, -0.2) is 15.0 Å². The Kier molecular flexibility index (Phi) is 5.75. The van der Waals surface area contributed by atoms with Gasteiger partial charge in [0.05, 0.1) is 5.52 Å². The van der Waals surface area contributed by atoms with Crippen LogP contribution in [0.1, 0.15) is 5.56 Å². The Morgan fingerprint density at radius 2 is 1.45 bits per heavy atom. The lowest BCUT2D eigenvalue weighted by atomic mass is 10.1. The Balaban J connectivity index is 1.20.